The molecule has 1 saturated heterocycles. The van der Waals surface area contributed by atoms with Gasteiger partial charge in [0, 0.05) is 51.8 Å². The van der Waals surface area contributed by atoms with E-state index in [4.69, 9.17) is 10.5 Å². The molecule has 0 aliphatic carbocycles. The lowest BCUT2D eigenvalue weighted by Gasteiger charge is -2.32. The number of nitrogens with zero attached hydrogens (tertiary/aromatic N) is 3. The summed E-state index contributed by atoms with van der Waals surface area (Å²) < 4.78 is 46.8. The SMILES string of the molecule is CN=CC(=NC)c1ccc(OC2CCN(C(=O)Cc3ccc(OC(F)(F)F)cc3)CC2)c(C(N)=O)c1. The van der Waals surface area contributed by atoms with Crippen LogP contribution >= 0.6 is 0 Å². The molecular formula is C25H27F3N4O4. The van der Waals surface area contributed by atoms with Crippen molar-refractivity contribution in [2.75, 3.05) is 27.2 Å². The molecule has 2 aromatic carbocycles. The monoisotopic (exact) mass is 504 g/mol. The fourth-order valence-corrected chi connectivity index (χ4v) is 3.87. The van der Waals surface area contributed by atoms with Gasteiger partial charge in [0.05, 0.1) is 17.7 Å². The highest BCUT2D eigenvalue weighted by molar-refractivity contribution is 6.38. The molecule has 0 aromatic heterocycles. The highest BCUT2D eigenvalue weighted by atomic mass is 19.4. The van der Waals surface area contributed by atoms with E-state index in [9.17, 15) is 22.8 Å². The topological polar surface area (TPSA) is 107 Å². The summed E-state index contributed by atoms with van der Waals surface area (Å²) in [4.78, 5) is 34.5. The minimum Gasteiger partial charge on any atom is -0.489 e. The maximum absolute atomic E-state index is 12.7. The van der Waals surface area contributed by atoms with Crippen LogP contribution in [0.4, 0.5) is 13.2 Å². The number of hydrogen-bond donors (Lipinski definition) is 1. The van der Waals surface area contributed by atoms with Crippen LogP contribution in [0.2, 0.25) is 0 Å². The Morgan fingerprint density at radius 1 is 1.11 bits per heavy atom. The van der Waals surface area contributed by atoms with Gasteiger partial charge in [-0.15, -0.1) is 13.2 Å². The molecule has 1 fully saturated rings. The average molecular weight is 505 g/mol. The normalized spacial score (nSPS) is 15.2. The first kappa shape index (κ1) is 26.7. The zero-order valence-electron chi connectivity index (χ0n) is 19.9. The fourth-order valence-electron chi connectivity index (χ4n) is 3.87. The third kappa shape index (κ3) is 7.30. The van der Waals surface area contributed by atoms with Gasteiger partial charge >= 0.3 is 6.36 Å². The van der Waals surface area contributed by atoms with Gasteiger partial charge in [-0.05, 0) is 35.9 Å². The zero-order valence-corrected chi connectivity index (χ0v) is 19.9. The minimum atomic E-state index is -4.76. The number of ether oxygens (including phenoxy) is 2. The molecule has 0 unspecified atom stereocenters. The number of likely N-dealkylation sites (tertiary alicyclic amines) is 1. The quantitative estimate of drug-likeness (QED) is 0.556. The van der Waals surface area contributed by atoms with Crippen molar-refractivity contribution in [1.29, 1.82) is 0 Å². The molecule has 3 rings (SSSR count). The van der Waals surface area contributed by atoms with Gasteiger partial charge in [-0.25, -0.2) is 0 Å². The van der Waals surface area contributed by atoms with Gasteiger partial charge in [-0.1, -0.05) is 12.1 Å². The highest BCUT2D eigenvalue weighted by Crippen LogP contribution is 2.26. The second-order valence-electron chi connectivity index (χ2n) is 8.14. The van der Waals surface area contributed by atoms with E-state index in [0.29, 0.717) is 48.5 Å². The number of primary amides is 1. The summed E-state index contributed by atoms with van der Waals surface area (Å²) in [5, 5.41) is 0. The molecule has 36 heavy (non-hydrogen) atoms. The molecule has 2 aromatic rings. The summed E-state index contributed by atoms with van der Waals surface area (Å²) in [5.74, 6) is -0.739. The van der Waals surface area contributed by atoms with Crippen LogP contribution in [-0.4, -0.2) is 68.3 Å². The first-order chi connectivity index (χ1) is 17.1. The molecule has 0 spiro atoms. The molecule has 1 aliphatic heterocycles. The fraction of sp³-hybridized carbons (Fsp3) is 0.360. The summed E-state index contributed by atoms with van der Waals surface area (Å²) in [5.41, 5.74) is 7.67. The predicted molar refractivity (Wildman–Crippen MR) is 129 cm³/mol. The second kappa shape index (κ2) is 11.7. The lowest BCUT2D eigenvalue weighted by atomic mass is 10.0. The summed E-state index contributed by atoms with van der Waals surface area (Å²) >= 11 is 0. The van der Waals surface area contributed by atoms with Gasteiger partial charge in [0.2, 0.25) is 5.91 Å². The number of amides is 2. The molecule has 0 saturated carbocycles. The van der Waals surface area contributed by atoms with Crippen molar-refractivity contribution in [1.82, 2.24) is 4.90 Å². The molecule has 0 bridgehead atoms. The van der Waals surface area contributed by atoms with Crippen LogP contribution in [0.5, 0.6) is 11.5 Å². The molecular weight excluding hydrogens is 477 g/mol. The maximum atomic E-state index is 12.7. The standard InChI is InChI=1S/C25H27F3N4O4/c1-30-15-21(31-2)17-5-8-22(20(14-17)24(29)34)35-18-9-11-32(12-10-18)23(33)13-16-3-6-19(7-4-16)36-25(26,27)28/h3-8,14-15,18H,9-13H2,1-2H3,(H2,29,34). The smallest absolute Gasteiger partial charge is 0.489 e. The summed E-state index contributed by atoms with van der Waals surface area (Å²) in [6.07, 6.45) is -2.23. The Labute approximate surface area is 206 Å². The molecule has 0 radical (unpaired) electrons. The average Bonchev–Trinajstić information content (AvgIpc) is 2.83. The lowest BCUT2D eigenvalue weighted by Crippen LogP contribution is -2.42. The summed E-state index contributed by atoms with van der Waals surface area (Å²) in [6.45, 7) is 0.894. The number of carbonyl (C=O) groups is 2. The molecule has 0 atom stereocenters. The highest BCUT2D eigenvalue weighted by Gasteiger charge is 2.31. The molecule has 192 valence electrons. The van der Waals surface area contributed by atoms with Crippen molar-refractivity contribution in [3.63, 3.8) is 0 Å². The van der Waals surface area contributed by atoms with E-state index >= 15 is 0 Å². The van der Waals surface area contributed by atoms with Gasteiger partial charge in [0.1, 0.15) is 17.6 Å². The van der Waals surface area contributed by atoms with E-state index in [0.717, 1.165) is 0 Å². The minimum absolute atomic E-state index is 0.0630. The Hall–Kier alpha value is -3.89. The number of aliphatic imine (C=N–C) groups is 2. The van der Waals surface area contributed by atoms with Crippen LogP contribution in [0.3, 0.4) is 0 Å². The molecule has 8 nitrogen and oxygen atoms in total. The van der Waals surface area contributed by atoms with Crippen molar-refractivity contribution < 1.29 is 32.2 Å². The van der Waals surface area contributed by atoms with Gasteiger partial charge in [-0.2, -0.15) is 0 Å². The number of alkyl halides is 3. The second-order valence-corrected chi connectivity index (χ2v) is 8.14. The van der Waals surface area contributed by atoms with E-state index in [2.05, 4.69) is 14.7 Å². The largest absolute Gasteiger partial charge is 0.573 e. The van der Waals surface area contributed by atoms with Crippen LogP contribution in [0.25, 0.3) is 0 Å². The van der Waals surface area contributed by atoms with Crippen molar-refractivity contribution in [3.05, 3.63) is 59.2 Å². The van der Waals surface area contributed by atoms with Gasteiger partial charge in [-0.3, -0.25) is 19.6 Å². The number of hydrogen-bond acceptors (Lipinski definition) is 6. The van der Waals surface area contributed by atoms with Gasteiger partial charge < -0.3 is 20.1 Å². The lowest BCUT2D eigenvalue weighted by molar-refractivity contribution is -0.274. The molecule has 2 amide bonds. The van der Waals surface area contributed by atoms with Gasteiger partial charge in [0.15, 0.2) is 0 Å². The third-order valence-electron chi connectivity index (χ3n) is 5.63. The van der Waals surface area contributed by atoms with Crippen molar-refractivity contribution >= 4 is 23.7 Å². The van der Waals surface area contributed by atoms with Crippen molar-refractivity contribution in [2.45, 2.75) is 31.7 Å². The van der Waals surface area contributed by atoms with Crippen LogP contribution in [-0.2, 0) is 11.2 Å². The predicted octanol–water partition coefficient (Wildman–Crippen LogP) is 3.42. The molecule has 1 aliphatic rings. The van der Waals surface area contributed by atoms with E-state index in [1.807, 2.05) is 0 Å². The maximum Gasteiger partial charge on any atom is 0.573 e. The van der Waals surface area contributed by atoms with Crippen LogP contribution in [0, 0.1) is 0 Å². The van der Waals surface area contributed by atoms with Gasteiger partial charge in [0.25, 0.3) is 5.91 Å². The molecule has 1 heterocycles. The van der Waals surface area contributed by atoms with Crippen LogP contribution in [0.1, 0.15) is 34.3 Å². The van der Waals surface area contributed by atoms with E-state index in [-0.39, 0.29) is 29.7 Å². The number of piperidine rings is 1. The Kier molecular flexibility index (Phi) is 8.68. The Morgan fingerprint density at radius 3 is 2.33 bits per heavy atom. The van der Waals surface area contributed by atoms with E-state index < -0.39 is 12.3 Å². The summed E-state index contributed by atoms with van der Waals surface area (Å²) in [7, 11) is 3.25. The first-order valence-electron chi connectivity index (χ1n) is 11.2. The number of benzene rings is 2. The third-order valence-corrected chi connectivity index (χ3v) is 5.63. The molecule has 11 heteroatoms. The van der Waals surface area contributed by atoms with Crippen molar-refractivity contribution in [2.24, 2.45) is 15.7 Å². The Bertz CT molecular complexity index is 1140. The number of rotatable bonds is 8. The summed E-state index contributed by atoms with van der Waals surface area (Å²) in [6, 6.07) is 10.3. The Balaban J connectivity index is 1.57. The van der Waals surface area contributed by atoms with Crippen LogP contribution in [0.15, 0.2) is 52.4 Å². The number of nitrogens with two attached hydrogens (primary N) is 1. The number of halogens is 3. The van der Waals surface area contributed by atoms with E-state index in [1.165, 1.54) is 24.3 Å². The van der Waals surface area contributed by atoms with Crippen LogP contribution < -0.4 is 15.2 Å². The first-order valence-corrected chi connectivity index (χ1v) is 11.2. The van der Waals surface area contributed by atoms with E-state index in [1.54, 1.807) is 43.4 Å². The molecule has 2 N–H and O–H groups in total. The zero-order chi connectivity index (χ0) is 26.3. The van der Waals surface area contributed by atoms with Crippen molar-refractivity contribution in [3.8, 4) is 11.5 Å². The Morgan fingerprint density at radius 2 is 1.78 bits per heavy atom. The number of carbonyl (C=O) groups excluding carboxylic acids is 2.